The summed E-state index contributed by atoms with van der Waals surface area (Å²) < 4.78 is 1.98. The summed E-state index contributed by atoms with van der Waals surface area (Å²) in [5.74, 6) is 0. The molecule has 2 heterocycles. The van der Waals surface area contributed by atoms with E-state index in [-0.39, 0.29) is 5.38 Å². The highest BCUT2D eigenvalue weighted by molar-refractivity contribution is 7.10. The van der Waals surface area contributed by atoms with E-state index in [1.807, 2.05) is 22.2 Å². The Hall–Kier alpha value is -0.800. The Balaban J connectivity index is 2.04. The van der Waals surface area contributed by atoms with Crippen molar-refractivity contribution >= 4 is 22.9 Å². The fourth-order valence-electron chi connectivity index (χ4n) is 1.14. The van der Waals surface area contributed by atoms with Gasteiger partial charge >= 0.3 is 0 Å². The molecule has 0 saturated heterocycles. The molecule has 0 N–H and O–H groups in total. The third kappa shape index (κ3) is 2.11. The second kappa shape index (κ2) is 3.94. The van der Waals surface area contributed by atoms with Crippen LogP contribution in [0.4, 0.5) is 0 Å². The summed E-state index contributed by atoms with van der Waals surface area (Å²) in [5, 5.41) is 2.09. The van der Waals surface area contributed by atoms with Gasteiger partial charge < -0.3 is 4.57 Å². The number of hydrogen-bond donors (Lipinski definition) is 0. The molecule has 1 unspecified atom stereocenters. The Morgan fingerprint density at radius 2 is 2.54 bits per heavy atom. The van der Waals surface area contributed by atoms with Crippen molar-refractivity contribution in [3.63, 3.8) is 0 Å². The standard InChI is InChI=1S/C9H9ClN2S/c10-8(9-2-1-5-13-9)6-12-4-3-11-7-12/h1-5,7-8H,6H2. The molecular formula is C9H9ClN2S. The molecule has 0 bridgehead atoms. The Morgan fingerprint density at radius 1 is 1.62 bits per heavy atom. The van der Waals surface area contributed by atoms with E-state index in [0.29, 0.717) is 0 Å². The first-order valence-electron chi connectivity index (χ1n) is 3.99. The van der Waals surface area contributed by atoms with E-state index in [9.17, 15) is 0 Å². The summed E-state index contributed by atoms with van der Waals surface area (Å²) in [6, 6.07) is 4.07. The van der Waals surface area contributed by atoms with Gasteiger partial charge in [0.25, 0.3) is 0 Å². The zero-order chi connectivity index (χ0) is 9.10. The molecule has 0 amide bonds. The first-order chi connectivity index (χ1) is 6.36. The van der Waals surface area contributed by atoms with Gasteiger partial charge in [-0.25, -0.2) is 4.98 Å². The number of halogens is 1. The fourth-order valence-corrected chi connectivity index (χ4v) is 2.22. The highest BCUT2D eigenvalue weighted by Crippen LogP contribution is 2.26. The van der Waals surface area contributed by atoms with E-state index in [2.05, 4.69) is 11.1 Å². The van der Waals surface area contributed by atoms with Crippen LogP contribution in [0.2, 0.25) is 0 Å². The van der Waals surface area contributed by atoms with Crippen LogP contribution in [-0.2, 0) is 6.54 Å². The van der Waals surface area contributed by atoms with Crippen molar-refractivity contribution in [1.29, 1.82) is 0 Å². The lowest BCUT2D eigenvalue weighted by Gasteiger charge is -2.06. The smallest absolute Gasteiger partial charge is 0.0946 e. The summed E-state index contributed by atoms with van der Waals surface area (Å²) in [6.45, 7) is 0.780. The maximum absolute atomic E-state index is 6.20. The predicted octanol–water partition coefficient (Wildman–Crippen LogP) is 2.92. The normalized spacial score (nSPS) is 13.0. The van der Waals surface area contributed by atoms with E-state index in [1.165, 1.54) is 4.88 Å². The first kappa shape index (κ1) is 8.78. The largest absolute Gasteiger partial charge is 0.336 e. The van der Waals surface area contributed by atoms with Crippen LogP contribution in [0.15, 0.2) is 36.2 Å². The topological polar surface area (TPSA) is 17.8 Å². The van der Waals surface area contributed by atoms with E-state index >= 15 is 0 Å². The minimum atomic E-state index is 0.0502. The maximum atomic E-state index is 6.20. The van der Waals surface area contributed by atoms with Crippen LogP contribution in [-0.4, -0.2) is 9.55 Å². The summed E-state index contributed by atoms with van der Waals surface area (Å²) in [5.41, 5.74) is 0. The molecule has 0 fully saturated rings. The van der Waals surface area contributed by atoms with Gasteiger partial charge in [0.1, 0.15) is 0 Å². The zero-order valence-electron chi connectivity index (χ0n) is 6.93. The molecule has 0 aliphatic rings. The fraction of sp³-hybridized carbons (Fsp3) is 0.222. The lowest BCUT2D eigenvalue weighted by molar-refractivity contribution is 0.683. The van der Waals surface area contributed by atoms with Crippen molar-refractivity contribution in [1.82, 2.24) is 9.55 Å². The van der Waals surface area contributed by atoms with Crippen LogP contribution in [0.3, 0.4) is 0 Å². The number of aromatic nitrogens is 2. The van der Waals surface area contributed by atoms with Crippen LogP contribution in [0.5, 0.6) is 0 Å². The molecule has 0 saturated carbocycles. The van der Waals surface area contributed by atoms with E-state index < -0.39 is 0 Å². The molecule has 0 aliphatic heterocycles. The molecule has 4 heteroatoms. The molecule has 2 aromatic rings. The minimum Gasteiger partial charge on any atom is -0.336 e. The van der Waals surface area contributed by atoms with Crippen molar-refractivity contribution < 1.29 is 0 Å². The molecule has 0 spiro atoms. The molecule has 68 valence electrons. The molecular weight excluding hydrogens is 204 g/mol. The number of thiophene rings is 1. The zero-order valence-corrected chi connectivity index (χ0v) is 8.50. The number of hydrogen-bond acceptors (Lipinski definition) is 2. The summed E-state index contributed by atoms with van der Waals surface area (Å²) in [7, 11) is 0. The molecule has 2 aromatic heterocycles. The van der Waals surface area contributed by atoms with E-state index in [1.54, 1.807) is 23.9 Å². The number of rotatable bonds is 3. The van der Waals surface area contributed by atoms with Gasteiger partial charge in [0, 0.05) is 23.8 Å². The Morgan fingerprint density at radius 3 is 3.15 bits per heavy atom. The van der Waals surface area contributed by atoms with Gasteiger partial charge in [0.15, 0.2) is 0 Å². The van der Waals surface area contributed by atoms with Gasteiger partial charge in [-0.3, -0.25) is 0 Å². The highest BCUT2D eigenvalue weighted by Gasteiger charge is 2.08. The van der Waals surface area contributed by atoms with Gasteiger partial charge in [-0.1, -0.05) is 6.07 Å². The van der Waals surface area contributed by atoms with Gasteiger partial charge in [0.05, 0.1) is 11.7 Å². The third-order valence-corrected chi connectivity index (χ3v) is 3.27. The third-order valence-electron chi connectivity index (χ3n) is 1.78. The van der Waals surface area contributed by atoms with E-state index in [0.717, 1.165) is 6.54 Å². The predicted molar refractivity (Wildman–Crippen MR) is 55.1 cm³/mol. The summed E-state index contributed by atoms with van der Waals surface area (Å²) in [4.78, 5) is 5.17. The van der Waals surface area contributed by atoms with Crippen molar-refractivity contribution in [2.45, 2.75) is 11.9 Å². The van der Waals surface area contributed by atoms with Gasteiger partial charge in [0.2, 0.25) is 0 Å². The lowest BCUT2D eigenvalue weighted by atomic mass is 10.3. The molecule has 0 radical (unpaired) electrons. The second-order valence-electron chi connectivity index (χ2n) is 2.74. The van der Waals surface area contributed by atoms with Crippen molar-refractivity contribution in [2.24, 2.45) is 0 Å². The first-order valence-corrected chi connectivity index (χ1v) is 5.31. The number of nitrogens with zero attached hydrogens (tertiary/aromatic N) is 2. The maximum Gasteiger partial charge on any atom is 0.0946 e. The number of alkyl halides is 1. The Bertz CT molecular complexity index is 342. The average molecular weight is 213 g/mol. The van der Waals surface area contributed by atoms with Gasteiger partial charge in [-0.05, 0) is 11.4 Å². The van der Waals surface area contributed by atoms with Crippen LogP contribution in [0.1, 0.15) is 10.3 Å². The Kier molecular flexibility index (Phi) is 2.66. The quantitative estimate of drug-likeness (QED) is 0.716. The van der Waals surface area contributed by atoms with Crippen LogP contribution < -0.4 is 0 Å². The molecule has 0 aromatic carbocycles. The second-order valence-corrected chi connectivity index (χ2v) is 4.25. The highest BCUT2D eigenvalue weighted by atomic mass is 35.5. The molecule has 0 aliphatic carbocycles. The average Bonchev–Trinajstić information content (AvgIpc) is 2.74. The molecule has 2 rings (SSSR count). The lowest BCUT2D eigenvalue weighted by Crippen LogP contribution is -2.00. The van der Waals surface area contributed by atoms with Crippen LogP contribution in [0.25, 0.3) is 0 Å². The number of imidazole rings is 1. The van der Waals surface area contributed by atoms with E-state index in [4.69, 9.17) is 11.6 Å². The van der Waals surface area contributed by atoms with Gasteiger partial charge in [-0.2, -0.15) is 0 Å². The minimum absolute atomic E-state index is 0.0502. The molecule has 1 atom stereocenters. The van der Waals surface area contributed by atoms with Crippen LogP contribution in [0, 0.1) is 0 Å². The summed E-state index contributed by atoms with van der Waals surface area (Å²) in [6.07, 6.45) is 5.46. The van der Waals surface area contributed by atoms with Crippen molar-refractivity contribution in [3.8, 4) is 0 Å². The van der Waals surface area contributed by atoms with Gasteiger partial charge in [-0.15, -0.1) is 22.9 Å². The van der Waals surface area contributed by atoms with Crippen LogP contribution >= 0.6 is 22.9 Å². The van der Waals surface area contributed by atoms with Crippen molar-refractivity contribution in [2.75, 3.05) is 0 Å². The van der Waals surface area contributed by atoms with Crippen molar-refractivity contribution in [3.05, 3.63) is 41.1 Å². The molecule has 13 heavy (non-hydrogen) atoms. The SMILES string of the molecule is ClC(Cn1ccnc1)c1cccs1. The monoisotopic (exact) mass is 212 g/mol. The summed E-state index contributed by atoms with van der Waals surface area (Å²) >= 11 is 7.89. The Labute approximate surface area is 85.8 Å². The molecule has 2 nitrogen and oxygen atoms in total.